The van der Waals surface area contributed by atoms with E-state index in [1.807, 2.05) is 4.90 Å². The summed E-state index contributed by atoms with van der Waals surface area (Å²) in [7, 11) is 3.18. The molecule has 0 unspecified atom stereocenters. The van der Waals surface area contributed by atoms with Gasteiger partial charge in [0.25, 0.3) is 5.91 Å². The van der Waals surface area contributed by atoms with Gasteiger partial charge in [-0.05, 0) is 25.0 Å². The number of carbonyl (C=O) groups excluding carboxylic acids is 1. The molecule has 0 atom stereocenters. The Morgan fingerprint density at radius 1 is 1.29 bits per heavy atom. The molecule has 5 nitrogen and oxygen atoms in total. The minimum Gasteiger partial charge on any atom is -0.496 e. The van der Waals surface area contributed by atoms with Gasteiger partial charge in [-0.25, -0.2) is 0 Å². The summed E-state index contributed by atoms with van der Waals surface area (Å²) in [4.78, 5) is 14.7. The second-order valence-corrected chi connectivity index (χ2v) is 4.92. The van der Waals surface area contributed by atoms with Crippen molar-refractivity contribution in [3.05, 3.63) is 23.8 Å². The third kappa shape index (κ3) is 4.36. The predicted octanol–water partition coefficient (Wildman–Crippen LogP) is 2.55. The van der Waals surface area contributed by atoms with Gasteiger partial charge in [0.1, 0.15) is 5.75 Å². The van der Waals surface area contributed by atoms with Crippen molar-refractivity contribution in [3.63, 3.8) is 0 Å². The lowest BCUT2D eigenvalue weighted by Gasteiger charge is -2.31. The van der Waals surface area contributed by atoms with Crippen LogP contribution < -0.4 is 10.5 Å². The summed E-state index contributed by atoms with van der Waals surface area (Å²) in [5.41, 5.74) is 6.86. The summed E-state index contributed by atoms with van der Waals surface area (Å²) in [5, 5.41) is 0. The highest BCUT2D eigenvalue weighted by molar-refractivity contribution is 5.97. The first-order valence-electron chi connectivity index (χ1n) is 7.32. The van der Waals surface area contributed by atoms with Gasteiger partial charge in [0, 0.05) is 31.5 Å². The van der Waals surface area contributed by atoms with Crippen LogP contribution in [0.2, 0.25) is 0 Å². The van der Waals surface area contributed by atoms with E-state index in [9.17, 15) is 4.79 Å². The Bertz CT molecular complexity index is 459. The number of rotatable bonds is 8. The smallest absolute Gasteiger partial charge is 0.257 e. The van der Waals surface area contributed by atoms with Crippen LogP contribution in [-0.2, 0) is 4.74 Å². The van der Waals surface area contributed by atoms with Crippen LogP contribution in [0.15, 0.2) is 18.2 Å². The Morgan fingerprint density at radius 3 is 2.48 bits per heavy atom. The molecule has 0 aromatic heterocycles. The zero-order valence-corrected chi connectivity index (χ0v) is 13.4. The molecule has 0 aliphatic heterocycles. The van der Waals surface area contributed by atoms with E-state index in [0.717, 1.165) is 12.8 Å². The van der Waals surface area contributed by atoms with Gasteiger partial charge in [0.2, 0.25) is 0 Å². The van der Waals surface area contributed by atoms with Crippen molar-refractivity contribution in [1.82, 2.24) is 4.90 Å². The minimum absolute atomic E-state index is 0.0439. The minimum atomic E-state index is -0.0439. The zero-order chi connectivity index (χ0) is 15.8. The molecule has 0 heterocycles. The van der Waals surface area contributed by atoms with E-state index < -0.39 is 0 Å². The summed E-state index contributed by atoms with van der Waals surface area (Å²) >= 11 is 0. The van der Waals surface area contributed by atoms with Gasteiger partial charge in [0.05, 0.1) is 19.3 Å². The maximum atomic E-state index is 12.9. The molecular formula is C16H26N2O3. The quantitative estimate of drug-likeness (QED) is 0.748. The highest BCUT2D eigenvalue weighted by Gasteiger charge is 2.24. The third-order valence-corrected chi connectivity index (χ3v) is 3.64. The monoisotopic (exact) mass is 294 g/mol. The first-order valence-corrected chi connectivity index (χ1v) is 7.32. The Labute approximate surface area is 127 Å². The topological polar surface area (TPSA) is 64.8 Å². The lowest BCUT2D eigenvalue weighted by atomic mass is 10.1. The van der Waals surface area contributed by atoms with Crippen molar-refractivity contribution in [2.24, 2.45) is 0 Å². The Morgan fingerprint density at radius 2 is 1.95 bits per heavy atom. The average molecular weight is 294 g/mol. The fourth-order valence-corrected chi connectivity index (χ4v) is 2.41. The second kappa shape index (κ2) is 8.52. The van der Waals surface area contributed by atoms with Gasteiger partial charge in [0.15, 0.2) is 0 Å². The maximum absolute atomic E-state index is 12.9. The van der Waals surface area contributed by atoms with E-state index in [1.165, 1.54) is 0 Å². The summed E-state index contributed by atoms with van der Waals surface area (Å²) in [6, 6.07) is 5.31. The molecule has 1 aromatic carbocycles. The zero-order valence-electron chi connectivity index (χ0n) is 13.4. The van der Waals surface area contributed by atoms with Crippen LogP contribution in [-0.4, -0.2) is 44.2 Å². The van der Waals surface area contributed by atoms with Crippen LogP contribution in [0.5, 0.6) is 5.75 Å². The number of hydrogen-bond donors (Lipinski definition) is 1. The number of nitrogen functional groups attached to an aromatic ring is 1. The third-order valence-electron chi connectivity index (χ3n) is 3.64. The highest BCUT2D eigenvalue weighted by atomic mass is 16.5. The lowest BCUT2D eigenvalue weighted by Crippen LogP contribution is -2.42. The SMILES string of the molecule is CCC(CC)N(CCOC)C(=O)c1ccc(N)cc1OC. The molecule has 1 rings (SSSR count). The van der Waals surface area contributed by atoms with Crippen molar-refractivity contribution in [3.8, 4) is 5.75 Å². The van der Waals surface area contributed by atoms with Gasteiger partial charge in [-0.1, -0.05) is 13.8 Å². The molecule has 0 saturated heterocycles. The second-order valence-electron chi connectivity index (χ2n) is 4.92. The van der Waals surface area contributed by atoms with Gasteiger partial charge in [-0.2, -0.15) is 0 Å². The van der Waals surface area contributed by atoms with Crippen LogP contribution >= 0.6 is 0 Å². The average Bonchev–Trinajstić information content (AvgIpc) is 2.50. The van der Waals surface area contributed by atoms with Gasteiger partial charge in [-0.15, -0.1) is 0 Å². The molecule has 0 bridgehead atoms. The van der Waals surface area contributed by atoms with Crippen LogP contribution in [0, 0.1) is 0 Å². The number of benzene rings is 1. The molecule has 1 aromatic rings. The van der Waals surface area contributed by atoms with Crippen molar-refractivity contribution in [2.45, 2.75) is 32.7 Å². The van der Waals surface area contributed by atoms with Crippen LogP contribution in [0.3, 0.4) is 0 Å². The first-order chi connectivity index (χ1) is 10.1. The summed E-state index contributed by atoms with van der Waals surface area (Å²) in [5.74, 6) is 0.464. The first kappa shape index (κ1) is 17.3. The standard InChI is InChI=1S/C16H26N2O3/c1-5-13(6-2)18(9-10-20-3)16(19)14-8-7-12(17)11-15(14)21-4/h7-8,11,13H,5-6,9-10,17H2,1-4H3. The van der Waals surface area contributed by atoms with E-state index in [1.54, 1.807) is 32.4 Å². The van der Waals surface area contributed by atoms with Gasteiger partial charge >= 0.3 is 0 Å². The molecule has 118 valence electrons. The number of ether oxygens (including phenoxy) is 2. The number of carbonyl (C=O) groups is 1. The van der Waals surface area contributed by atoms with E-state index >= 15 is 0 Å². The highest BCUT2D eigenvalue weighted by Crippen LogP contribution is 2.24. The van der Waals surface area contributed by atoms with Crippen molar-refractivity contribution < 1.29 is 14.3 Å². The number of amides is 1. The van der Waals surface area contributed by atoms with Crippen molar-refractivity contribution >= 4 is 11.6 Å². The van der Waals surface area contributed by atoms with Crippen molar-refractivity contribution in [1.29, 1.82) is 0 Å². The van der Waals surface area contributed by atoms with Crippen molar-refractivity contribution in [2.75, 3.05) is 33.1 Å². The number of anilines is 1. The van der Waals surface area contributed by atoms with E-state index in [4.69, 9.17) is 15.2 Å². The number of nitrogens with two attached hydrogens (primary N) is 1. The molecule has 0 aliphatic rings. The Kier molecular flexibility index (Phi) is 7.02. The molecule has 0 radical (unpaired) electrons. The molecule has 0 aliphatic carbocycles. The fourth-order valence-electron chi connectivity index (χ4n) is 2.41. The van der Waals surface area contributed by atoms with Crippen LogP contribution in [0.25, 0.3) is 0 Å². The number of hydrogen-bond acceptors (Lipinski definition) is 4. The predicted molar refractivity (Wildman–Crippen MR) is 84.7 cm³/mol. The molecule has 0 spiro atoms. The van der Waals surface area contributed by atoms with Crippen LogP contribution in [0.4, 0.5) is 5.69 Å². The molecule has 0 saturated carbocycles. The van der Waals surface area contributed by atoms with E-state index in [0.29, 0.717) is 30.2 Å². The molecule has 2 N–H and O–H groups in total. The maximum Gasteiger partial charge on any atom is 0.257 e. The van der Waals surface area contributed by atoms with E-state index in [-0.39, 0.29) is 11.9 Å². The molecule has 5 heteroatoms. The largest absolute Gasteiger partial charge is 0.496 e. The summed E-state index contributed by atoms with van der Waals surface area (Å²) in [6.07, 6.45) is 1.81. The molecule has 21 heavy (non-hydrogen) atoms. The molecular weight excluding hydrogens is 268 g/mol. The number of methoxy groups -OCH3 is 2. The fraction of sp³-hybridized carbons (Fsp3) is 0.562. The van der Waals surface area contributed by atoms with Gasteiger partial charge in [-0.3, -0.25) is 4.79 Å². The summed E-state index contributed by atoms with van der Waals surface area (Å²) < 4.78 is 10.4. The van der Waals surface area contributed by atoms with Gasteiger partial charge < -0.3 is 20.1 Å². The number of nitrogens with zero attached hydrogens (tertiary/aromatic N) is 1. The van der Waals surface area contributed by atoms with Crippen LogP contribution in [0.1, 0.15) is 37.0 Å². The summed E-state index contributed by atoms with van der Waals surface area (Å²) in [6.45, 7) is 5.25. The normalized spacial score (nSPS) is 10.7. The lowest BCUT2D eigenvalue weighted by molar-refractivity contribution is 0.0586. The Balaban J connectivity index is 3.09. The Hall–Kier alpha value is -1.75. The van der Waals surface area contributed by atoms with E-state index in [2.05, 4.69) is 13.8 Å². The molecule has 0 fully saturated rings. The molecule has 1 amide bonds.